The Labute approximate surface area is 164 Å². The zero-order chi connectivity index (χ0) is 18.4. The standard InChI is InChI=1S/C20H23FN2O3.ClH/c1-2-25-18-8-3-4-9-19(18)26-14-20(24)23-11-10-22-13-17(23)15-6-5-7-16(21)12-15;/h3-9,12,17,22H,2,10-11,13-14H2,1H3;1H. The lowest BCUT2D eigenvalue weighted by Crippen LogP contribution is -2.50. The van der Waals surface area contributed by atoms with E-state index in [4.69, 9.17) is 9.47 Å². The highest BCUT2D eigenvalue weighted by atomic mass is 35.5. The lowest BCUT2D eigenvalue weighted by Gasteiger charge is -2.36. The summed E-state index contributed by atoms with van der Waals surface area (Å²) in [5.41, 5.74) is 0.778. The van der Waals surface area contributed by atoms with E-state index >= 15 is 0 Å². The summed E-state index contributed by atoms with van der Waals surface area (Å²) in [5, 5.41) is 3.26. The van der Waals surface area contributed by atoms with Crippen molar-refractivity contribution in [1.29, 1.82) is 0 Å². The van der Waals surface area contributed by atoms with Crippen molar-refractivity contribution < 1.29 is 18.7 Å². The number of benzene rings is 2. The highest BCUT2D eigenvalue weighted by Crippen LogP contribution is 2.27. The number of hydrogen-bond donors (Lipinski definition) is 1. The molecule has 5 nitrogen and oxygen atoms in total. The SMILES string of the molecule is CCOc1ccccc1OCC(=O)N1CCNCC1c1cccc(F)c1.Cl. The van der Waals surface area contributed by atoms with Crippen LogP contribution in [0.25, 0.3) is 0 Å². The molecule has 146 valence electrons. The molecule has 0 saturated carbocycles. The molecular weight excluding hydrogens is 371 g/mol. The van der Waals surface area contributed by atoms with E-state index in [2.05, 4.69) is 5.32 Å². The third-order valence-electron chi connectivity index (χ3n) is 4.30. The van der Waals surface area contributed by atoms with Crippen LogP contribution in [-0.4, -0.2) is 43.7 Å². The first-order valence-corrected chi connectivity index (χ1v) is 8.79. The smallest absolute Gasteiger partial charge is 0.261 e. The van der Waals surface area contributed by atoms with Gasteiger partial charge in [0.1, 0.15) is 5.82 Å². The molecule has 0 radical (unpaired) electrons. The molecule has 1 atom stereocenters. The van der Waals surface area contributed by atoms with Crippen LogP contribution in [0.5, 0.6) is 11.5 Å². The van der Waals surface area contributed by atoms with Gasteiger partial charge in [-0.2, -0.15) is 0 Å². The van der Waals surface area contributed by atoms with E-state index in [-0.39, 0.29) is 36.8 Å². The van der Waals surface area contributed by atoms with Gasteiger partial charge >= 0.3 is 0 Å². The molecule has 0 aliphatic carbocycles. The van der Waals surface area contributed by atoms with Crippen molar-refractivity contribution in [2.75, 3.05) is 32.8 Å². The summed E-state index contributed by atoms with van der Waals surface area (Å²) in [4.78, 5) is 14.5. The number of para-hydroxylation sites is 2. The number of amides is 1. The fourth-order valence-corrected chi connectivity index (χ4v) is 3.08. The zero-order valence-corrected chi connectivity index (χ0v) is 16.0. The second kappa shape index (κ2) is 10.1. The van der Waals surface area contributed by atoms with Gasteiger partial charge in [-0.05, 0) is 36.8 Å². The maximum Gasteiger partial charge on any atom is 0.261 e. The molecule has 1 saturated heterocycles. The van der Waals surface area contributed by atoms with E-state index in [1.807, 2.05) is 31.2 Å². The van der Waals surface area contributed by atoms with Crippen LogP contribution >= 0.6 is 12.4 Å². The van der Waals surface area contributed by atoms with Crippen LogP contribution in [0.3, 0.4) is 0 Å². The summed E-state index contributed by atoms with van der Waals surface area (Å²) in [6, 6.07) is 13.5. The summed E-state index contributed by atoms with van der Waals surface area (Å²) in [6.07, 6.45) is 0. The maximum atomic E-state index is 13.6. The Balaban J connectivity index is 0.00000261. The molecule has 1 N–H and O–H groups in total. The molecule has 1 fully saturated rings. The number of nitrogens with one attached hydrogen (secondary N) is 1. The number of hydrogen-bond acceptors (Lipinski definition) is 4. The lowest BCUT2D eigenvalue weighted by molar-refractivity contribution is -0.136. The maximum absolute atomic E-state index is 13.6. The van der Waals surface area contributed by atoms with E-state index in [1.165, 1.54) is 12.1 Å². The molecule has 0 aromatic heterocycles. The van der Waals surface area contributed by atoms with Crippen LogP contribution in [0.1, 0.15) is 18.5 Å². The Morgan fingerprint density at radius 1 is 1.19 bits per heavy atom. The van der Waals surface area contributed by atoms with Crippen LogP contribution in [0.4, 0.5) is 4.39 Å². The number of piperazine rings is 1. The number of rotatable bonds is 6. The Hall–Kier alpha value is -2.31. The largest absolute Gasteiger partial charge is 0.490 e. The fraction of sp³-hybridized carbons (Fsp3) is 0.350. The molecule has 3 rings (SSSR count). The highest BCUT2D eigenvalue weighted by Gasteiger charge is 2.28. The molecule has 1 aliphatic heterocycles. The van der Waals surface area contributed by atoms with E-state index in [0.29, 0.717) is 37.7 Å². The third-order valence-corrected chi connectivity index (χ3v) is 4.30. The van der Waals surface area contributed by atoms with Crippen LogP contribution in [0.15, 0.2) is 48.5 Å². The van der Waals surface area contributed by atoms with Crippen molar-refractivity contribution in [3.63, 3.8) is 0 Å². The Morgan fingerprint density at radius 2 is 1.93 bits per heavy atom. The molecule has 7 heteroatoms. The van der Waals surface area contributed by atoms with Gasteiger partial charge in [0.15, 0.2) is 18.1 Å². The van der Waals surface area contributed by atoms with E-state index in [9.17, 15) is 9.18 Å². The molecule has 0 spiro atoms. The molecule has 1 amide bonds. The van der Waals surface area contributed by atoms with E-state index in [0.717, 1.165) is 5.56 Å². The average Bonchev–Trinajstić information content (AvgIpc) is 2.67. The molecule has 2 aromatic carbocycles. The molecule has 1 heterocycles. The summed E-state index contributed by atoms with van der Waals surface area (Å²) in [7, 11) is 0. The van der Waals surface area contributed by atoms with Gasteiger partial charge in [0.05, 0.1) is 12.6 Å². The van der Waals surface area contributed by atoms with Crippen molar-refractivity contribution in [2.45, 2.75) is 13.0 Å². The first-order chi connectivity index (χ1) is 12.7. The van der Waals surface area contributed by atoms with Gasteiger partial charge < -0.3 is 19.7 Å². The van der Waals surface area contributed by atoms with Gasteiger partial charge in [-0.3, -0.25) is 4.79 Å². The van der Waals surface area contributed by atoms with Crippen molar-refractivity contribution >= 4 is 18.3 Å². The minimum absolute atomic E-state index is 0. The minimum Gasteiger partial charge on any atom is -0.490 e. The number of carbonyl (C=O) groups excluding carboxylic acids is 1. The third kappa shape index (κ3) is 5.34. The second-order valence-corrected chi connectivity index (χ2v) is 6.03. The first-order valence-electron chi connectivity index (χ1n) is 8.79. The number of nitrogens with zero attached hydrogens (tertiary/aromatic N) is 1. The number of carbonyl (C=O) groups is 1. The predicted octanol–water partition coefficient (Wildman–Crippen LogP) is 3.20. The van der Waals surface area contributed by atoms with Crippen molar-refractivity contribution in [3.05, 3.63) is 59.9 Å². The lowest BCUT2D eigenvalue weighted by atomic mass is 10.0. The van der Waals surface area contributed by atoms with Crippen LogP contribution in [-0.2, 0) is 4.79 Å². The quantitative estimate of drug-likeness (QED) is 0.817. The molecule has 1 aliphatic rings. The van der Waals surface area contributed by atoms with Gasteiger partial charge in [0.25, 0.3) is 5.91 Å². The zero-order valence-electron chi connectivity index (χ0n) is 15.2. The van der Waals surface area contributed by atoms with Gasteiger partial charge in [-0.15, -0.1) is 12.4 Å². The second-order valence-electron chi connectivity index (χ2n) is 6.03. The van der Waals surface area contributed by atoms with Gasteiger partial charge in [0.2, 0.25) is 0 Å². The molecule has 1 unspecified atom stereocenters. The summed E-state index contributed by atoms with van der Waals surface area (Å²) < 4.78 is 24.8. The minimum atomic E-state index is -0.303. The number of ether oxygens (including phenoxy) is 2. The van der Waals surface area contributed by atoms with Gasteiger partial charge in [0, 0.05) is 19.6 Å². The molecule has 27 heavy (non-hydrogen) atoms. The first kappa shape index (κ1) is 21.0. The van der Waals surface area contributed by atoms with Crippen LogP contribution in [0, 0.1) is 5.82 Å². The molecular formula is C20H24ClFN2O3. The predicted molar refractivity (Wildman–Crippen MR) is 104 cm³/mol. The molecule has 2 aromatic rings. The van der Waals surface area contributed by atoms with Crippen LogP contribution in [0.2, 0.25) is 0 Å². The highest BCUT2D eigenvalue weighted by molar-refractivity contribution is 5.85. The normalized spacial score (nSPS) is 16.4. The van der Waals surface area contributed by atoms with Crippen LogP contribution < -0.4 is 14.8 Å². The summed E-state index contributed by atoms with van der Waals surface area (Å²) in [6.45, 7) is 4.17. The van der Waals surface area contributed by atoms with Gasteiger partial charge in [-0.1, -0.05) is 24.3 Å². The molecule has 0 bridgehead atoms. The summed E-state index contributed by atoms with van der Waals surface area (Å²) in [5.74, 6) is 0.722. The van der Waals surface area contributed by atoms with E-state index < -0.39 is 0 Å². The van der Waals surface area contributed by atoms with Crippen molar-refractivity contribution in [2.24, 2.45) is 0 Å². The average molecular weight is 395 g/mol. The monoisotopic (exact) mass is 394 g/mol. The number of halogens is 2. The Morgan fingerprint density at radius 3 is 2.63 bits per heavy atom. The fourth-order valence-electron chi connectivity index (χ4n) is 3.08. The topological polar surface area (TPSA) is 50.8 Å². The van der Waals surface area contributed by atoms with Gasteiger partial charge in [-0.25, -0.2) is 4.39 Å². The Kier molecular flexibility index (Phi) is 7.88. The van der Waals surface area contributed by atoms with Crippen molar-refractivity contribution in [3.8, 4) is 11.5 Å². The van der Waals surface area contributed by atoms with E-state index in [1.54, 1.807) is 17.0 Å². The van der Waals surface area contributed by atoms with Crippen molar-refractivity contribution in [1.82, 2.24) is 10.2 Å². The summed E-state index contributed by atoms with van der Waals surface area (Å²) >= 11 is 0. The Bertz CT molecular complexity index is 760.